The molecular formula is C13H19NO4. The summed E-state index contributed by atoms with van der Waals surface area (Å²) in [5.74, 6) is -0.100. The molecule has 0 heterocycles. The van der Waals surface area contributed by atoms with Crippen LogP contribution in [0.25, 0.3) is 0 Å². The van der Waals surface area contributed by atoms with Crippen LogP contribution in [0.1, 0.15) is 26.7 Å². The van der Waals surface area contributed by atoms with E-state index in [0.717, 1.165) is 6.42 Å². The van der Waals surface area contributed by atoms with Crippen molar-refractivity contribution < 1.29 is 19.8 Å². The summed E-state index contributed by atoms with van der Waals surface area (Å²) in [7, 11) is 0. The Hall–Kier alpha value is -1.10. The van der Waals surface area contributed by atoms with Crippen LogP contribution in [-0.4, -0.2) is 45.7 Å². The molecule has 2 N–H and O–H groups in total. The largest absolute Gasteiger partial charge is 0.480 e. The van der Waals surface area contributed by atoms with Crippen LogP contribution in [0.3, 0.4) is 0 Å². The molecule has 3 aliphatic rings. The zero-order valence-electron chi connectivity index (χ0n) is 10.7. The number of nitrogens with zero attached hydrogens (tertiary/aromatic N) is 1. The molecule has 0 radical (unpaired) electrons. The number of rotatable bonds is 5. The molecular weight excluding hydrogens is 234 g/mol. The fourth-order valence-electron chi connectivity index (χ4n) is 5.43. The van der Waals surface area contributed by atoms with E-state index in [4.69, 9.17) is 10.2 Å². The van der Waals surface area contributed by atoms with Gasteiger partial charge in [0.05, 0.1) is 13.1 Å². The van der Waals surface area contributed by atoms with Crippen molar-refractivity contribution >= 4 is 11.9 Å². The van der Waals surface area contributed by atoms with Crippen LogP contribution in [0.5, 0.6) is 0 Å². The van der Waals surface area contributed by atoms with Crippen LogP contribution in [0.2, 0.25) is 0 Å². The van der Waals surface area contributed by atoms with Gasteiger partial charge in [0.2, 0.25) is 0 Å². The Morgan fingerprint density at radius 3 is 2.17 bits per heavy atom. The maximum Gasteiger partial charge on any atom is 0.317 e. The van der Waals surface area contributed by atoms with E-state index in [0.29, 0.717) is 17.8 Å². The van der Waals surface area contributed by atoms with Gasteiger partial charge in [0, 0.05) is 5.54 Å². The third-order valence-corrected chi connectivity index (χ3v) is 6.22. The SMILES string of the molecule is C[C@@H]1[C@H]2C[C@H]3C[C@]1(N(CC(=O)O)CC(=O)O)C32C. The highest BCUT2D eigenvalue weighted by Crippen LogP contribution is 2.84. The minimum atomic E-state index is -0.937. The van der Waals surface area contributed by atoms with Gasteiger partial charge in [-0.15, -0.1) is 0 Å². The minimum absolute atomic E-state index is 0.161. The van der Waals surface area contributed by atoms with E-state index in [2.05, 4.69) is 13.8 Å². The fraction of sp³-hybridized carbons (Fsp3) is 0.846. The smallest absolute Gasteiger partial charge is 0.317 e. The van der Waals surface area contributed by atoms with Gasteiger partial charge in [0.15, 0.2) is 0 Å². The second-order valence-electron chi connectivity index (χ2n) is 6.38. The third-order valence-electron chi connectivity index (χ3n) is 6.22. The number of carboxylic acid groups (broad SMARTS) is 2. The van der Waals surface area contributed by atoms with Crippen molar-refractivity contribution in [2.24, 2.45) is 23.2 Å². The minimum Gasteiger partial charge on any atom is -0.480 e. The maximum atomic E-state index is 11.0. The van der Waals surface area contributed by atoms with Crippen LogP contribution >= 0.6 is 0 Å². The normalized spacial score (nSPS) is 47.6. The first-order valence-electron chi connectivity index (χ1n) is 6.52. The first-order chi connectivity index (χ1) is 8.34. The van der Waals surface area contributed by atoms with Crippen molar-refractivity contribution in [2.75, 3.05) is 13.1 Å². The van der Waals surface area contributed by atoms with E-state index >= 15 is 0 Å². The molecule has 1 unspecified atom stereocenters. The highest BCUT2D eigenvalue weighted by Gasteiger charge is 2.84. The first kappa shape index (κ1) is 12.0. The lowest BCUT2D eigenvalue weighted by molar-refractivity contribution is -0.382. The second kappa shape index (κ2) is 3.26. The fourth-order valence-corrected chi connectivity index (χ4v) is 5.43. The van der Waals surface area contributed by atoms with E-state index in [9.17, 15) is 9.59 Å². The lowest BCUT2D eigenvalue weighted by atomic mass is 9.20. The van der Waals surface area contributed by atoms with Gasteiger partial charge in [0.1, 0.15) is 0 Å². The zero-order valence-corrected chi connectivity index (χ0v) is 10.7. The number of hydrogen-bond donors (Lipinski definition) is 2. The van der Waals surface area contributed by atoms with Gasteiger partial charge in [-0.2, -0.15) is 0 Å². The number of carbonyl (C=O) groups is 2. The summed E-state index contributed by atoms with van der Waals surface area (Å²) in [6, 6.07) is 0. The van der Waals surface area contributed by atoms with E-state index < -0.39 is 11.9 Å². The van der Waals surface area contributed by atoms with Crippen molar-refractivity contribution in [3.8, 4) is 0 Å². The zero-order chi connectivity index (χ0) is 13.3. The predicted octanol–water partition coefficient (Wildman–Crippen LogP) is 0.892. The molecule has 0 bridgehead atoms. The van der Waals surface area contributed by atoms with Gasteiger partial charge in [-0.1, -0.05) is 13.8 Å². The average Bonchev–Trinajstić information content (AvgIpc) is 2.27. The topological polar surface area (TPSA) is 77.8 Å². The Labute approximate surface area is 106 Å². The van der Waals surface area contributed by atoms with Gasteiger partial charge in [-0.3, -0.25) is 14.5 Å². The lowest BCUT2D eigenvalue weighted by Crippen LogP contribution is -2.90. The number of aliphatic carboxylic acids is 2. The molecule has 5 atom stereocenters. The van der Waals surface area contributed by atoms with Crippen LogP contribution in [0.4, 0.5) is 0 Å². The summed E-state index contributed by atoms with van der Waals surface area (Å²) in [5, 5.41) is 18.0. The predicted molar refractivity (Wildman–Crippen MR) is 63.1 cm³/mol. The van der Waals surface area contributed by atoms with E-state index in [-0.39, 0.29) is 24.0 Å². The Balaban J connectivity index is 1.86. The molecule has 3 fully saturated rings. The van der Waals surface area contributed by atoms with Crippen LogP contribution in [0.15, 0.2) is 0 Å². The molecule has 0 spiro atoms. The Morgan fingerprint density at radius 1 is 1.28 bits per heavy atom. The summed E-state index contributed by atoms with van der Waals surface area (Å²) < 4.78 is 0. The van der Waals surface area contributed by atoms with E-state index in [1.54, 1.807) is 4.90 Å². The number of hydrogen-bond acceptors (Lipinski definition) is 3. The monoisotopic (exact) mass is 253 g/mol. The molecule has 0 aromatic heterocycles. The molecule has 0 amide bonds. The van der Waals surface area contributed by atoms with Gasteiger partial charge in [-0.25, -0.2) is 0 Å². The molecule has 100 valence electrons. The third kappa shape index (κ3) is 1.03. The highest BCUT2D eigenvalue weighted by atomic mass is 16.4. The Kier molecular flexibility index (Phi) is 2.17. The second-order valence-corrected chi connectivity index (χ2v) is 6.38. The van der Waals surface area contributed by atoms with E-state index in [1.807, 2.05) is 0 Å². The van der Waals surface area contributed by atoms with Crippen LogP contribution < -0.4 is 0 Å². The quantitative estimate of drug-likeness (QED) is 0.761. The number of carboxylic acids is 2. The first-order valence-corrected chi connectivity index (χ1v) is 6.52. The average molecular weight is 253 g/mol. The Bertz CT molecular complexity index is 421. The van der Waals surface area contributed by atoms with Crippen molar-refractivity contribution in [3.63, 3.8) is 0 Å². The van der Waals surface area contributed by atoms with Crippen molar-refractivity contribution in [3.05, 3.63) is 0 Å². The van der Waals surface area contributed by atoms with Crippen molar-refractivity contribution in [1.82, 2.24) is 4.90 Å². The summed E-state index contributed by atoms with van der Waals surface area (Å²) >= 11 is 0. The molecule has 0 aromatic carbocycles. The molecule has 18 heavy (non-hydrogen) atoms. The summed E-state index contributed by atoms with van der Waals surface area (Å²) in [6.45, 7) is 4.04. The van der Waals surface area contributed by atoms with Gasteiger partial charge in [-0.05, 0) is 36.0 Å². The molecule has 0 aliphatic heterocycles. The summed E-state index contributed by atoms with van der Waals surface area (Å²) in [6.07, 6.45) is 2.22. The molecule has 5 nitrogen and oxygen atoms in total. The molecule has 5 heteroatoms. The van der Waals surface area contributed by atoms with Crippen LogP contribution in [-0.2, 0) is 9.59 Å². The molecule has 0 aromatic rings. The molecule has 3 rings (SSSR count). The summed E-state index contributed by atoms with van der Waals surface area (Å²) in [5.41, 5.74) is 0.00861. The molecule has 3 saturated carbocycles. The van der Waals surface area contributed by atoms with Gasteiger partial charge >= 0.3 is 11.9 Å². The van der Waals surface area contributed by atoms with Crippen molar-refractivity contribution in [1.29, 1.82) is 0 Å². The van der Waals surface area contributed by atoms with Gasteiger partial charge < -0.3 is 10.2 Å². The standard InChI is InChI=1S/C13H19NO4/c1-7-9-3-8-4-13(7,12(8,9)2)14(5-10(15)16)6-11(17)18/h7-9H,3-6H2,1-2H3,(H,15,16)(H,17,18)/t7-,8+,9-,12?,13-/m1/s1. The Morgan fingerprint density at radius 2 is 1.83 bits per heavy atom. The molecule has 0 saturated heterocycles. The summed E-state index contributed by atoms with van der Waals surface area (Å²) in [4.78, 5) is 23.7. The van der Waals surface area contributed by atoms with Gasteiger partial charge in [0.25, 0.3) is 0 Å². The highest BCUT2D eigenvalue weighted by molar-refractivity contribution is 5.73. The maximum absolute atomic E-state index is 11.0. The van der Waals surface area contributed by atoms with Crippen LogP contribution in [0, 0.1) is 23.2 Å². The van der Waals surface area contributed by atoms with E-state index in [1.165, 1.54) is 6.42 Å². The lowest BCUT2D eigenvalue weighted by Gasteiger charge is -2.88. The molecule has 3 aliphatic carbocycles. The van der Waals surface area contributed by atoms with Crippen molar-refractivity contribution in [2.45, 2.75) is 32.2 Å².